The fourth-order valence-electron chi connectivity index (χ4n) is 3.24. The molecule has 0 radical (unpaired) electrons. The summed E-state index contributed by atoms with van der Waals surface area (Å²) in [6.45, 7) is 7.00. The Bertz CT molecular complexity index is 683. The van der Waals surface area contributed by atoms with Gasteiger partial charge in [0, 0.05) is 12.1 Å². The van der Waals surface area contributed by atoms with Crippen molar-refractivity contribution in [3.63, 3.8) is 0 Å². The van der Waals surface area contributed by atoms with Gasteiger partial charge in [0.05, 0.1) is 30.4 Å². The number of aromatic nitrogens is 2. The van der Waals surface area contributed by atoms with Crippen LogP contribution in [0, 0.1) is 0 Å². The maximum atomic E-state index is 10.5. The van der Waals surface area contributed by atoms with Gasteiger partial charge < -0.3 is 9.67 Å². The van der Waals surface area contributed by atoms with Gasteiger partial charge in [-0.05, 0) is 61.8 Å². The first-order chi connectivity index (χ1) is 12.3. The van der Waals surface area contributed by atoms with Crippen molar-refractivity contribution in [2.24, 2.45) is 0 Å². The fourth-order valence-corrected chi connectivity index (χ4v) is 3.59. The molecule has 0 fully saturated rings. The van der Waals surface area contributed by atoms with Crippen molar-refractivity contribution in [2.45, 2.75) is 37.8 Å². The molecule has 0 aromatic carbocycles. The number of unbranched alkanes of at least 4 members (excludes halogenated alkanes) is 1. The van der Waals surface area contributed by atoms with E-state index in [0.29, 0.717) is 0 Å². The maximum absolute atomic E-state index is 10.5. The van der Waals surface area contributed by atoms with Crippen molar-refractivity contribution >= 4 is 17.5 Å². The molecule has 2 aliphatic rings. The number of rotatable bonds is 8. The normalized spacial score (nSPS) is 18.4. The number of allylic oxidation sites excluding steroid dienone is 5. The second-order valence-corrected chi connectivity index (χ2v) is 6.58. The zero-order chi connectivity index (χ0) is 18.1. The number of aliphatic hydroxyl groups excluding tert-OH is 1. The molecule has 4 nitrogen and oxygen atoms in total. The summed E-state index contributed by atoms with van der Waals surface area (Å²) in [4.78, 5) is 4.28. The molecule has 1 aliphatic carbocycles. The van der Waals surface area contributed by atoms with Gasteiger partial charge in [0.2, 0.25) is 0 Å². The molecular weight excluding hydrogens is 330 g/mol. The lowest BCUT2D eigenvalue weighted by Gasteiger charge is -2.19. The van der Waals surface area contributed by atoms with Gasteiger partial charge in [-0.3, -0.25) is 4.72 Å². The van der Waals surface area contributed by atoms with Crippen molar-refractivity contribution in [1.82, 2.24) is 14.3 Å². The third kappa shape index (κ3) is 4.86. The van der Waals surface area contributed by atoms with E-state index in [0.717, 1.165) is 37.9 Å². The number of imidazole rings is 1. The van der Waals surface area contributed by atoms with Gasteiger partial charge in [0.15, 0.2) is 0 Å². The summed E-state index contributed by atoms with van der Waals surface area (Å²) in [6.07, 6.45) is 17.3. The summed E-state index contributed by atoms with van der Waals surface area (Å²) in [5.74, 6) is 0. The largest absolute Gasteiger partial charge is 0.393 e. The third-order valence-electron chi connectivity index (χ3n) is 4.36. The molecule has 2 heterocycles. The average Bonchev–Trinajstić information content (AvgIpc) is 3.11. The predicted molar refractivity (Wildman–Crippen MR) is 107 cm³/mol. The van der Waals surface area contributed by atoms with Crippen LogP contribution in [-0.4, -0.2) is 33.6 Å². The van der Waals surface area contributed by atoms with Crippen LogP contribution in [0.5, 0.6) is 0 Å². The van der Waals surface area contributed by atoms with Gasteiger partial charge in [-0.25, -0.2) is 4.98 Å². The number of nitrogens with one attached hydrogen (secondary N) is 1. The Hall–Kier alpha value is -1.78. The molecular formula is C20H27N3OS. The van der Waals surface area contributed by atoms with Crippen LogP contribution in [0.1, 0.15) is 37.4 Å². The molecule has 2 unspecified atom stereocenters. The standard InChI is InChI=1S/C18H23N3OS.C2H4/c1-23-20-10-6-5-7-14(22)11-17-15-8-3-2-4-9-16(15)18-12-19-13-21(17)18;1-2/h3-4,8-9,12-14,17,20,22H,5-7,10-11H2,1H3;1-2H2. The Morgan fingerprint density at radius 1 is 1.36 bits per heavy atom. The number of aliphatic hydroxyl groups is 1. The molecule has 0 amide bonds. The van der Waals surface area contributed by atoms with E-state index in [2.05, 4.69) is 45.3 Å². The molecule has 5 heteroatoms. The van der Waals surface area contributed by atoms with E-state index in [1.54, 1.807) is 11.9 Å². The van der Waals surface area contributed by atoms with E-state index in [-0.39, 0.29) is 12.1 Å². The minimum atomic E-state index is -0.287. The highest BCUT2D eigenvalue weighted by Gasteiger charge is 2.32. The van der Waals surface area contributed by atoms with Gasteiger partial charge in [-0.2, -0.15) is 0 Å². The number of hydrogen-bond acceptors (Lipinski definition) is 4. The highest BCUT2D eigenvalue weighted by molar-refractivity contribution is 7.96. The van der Waals surface area contributed by atoms with Crippen LogP contribution in [0.15, 0.2) is 61.3 Å². The van der Waals surface area contributed by atoms with E-state index in [9.17, 15) is 5.11 Å². The summed E-state index contributed by atoms with van der Waals surface area (Å²) in [5.41, 5.74) is 6.71. The maximum Gasteiger partial charge on any atom is 0.0956 e. The second kappa shape index (κ2) is 10.3. The van der Waals surface area contributed by atoms with Crippen LogP contribution in [-0.2, 0) is 0 Å². The Labute approximate surface area is 154 Å². The average molecular weight is 358 g/mol. The number of nitrogens with zero attached hydrogens (tertiary/aromatic N) is 2. The summed E-state index contributed by atoms with van der Waals surface area (Å²) >= 11 is 1.65. The predicted octanol–water partition coefficient (Wildman–Crippen LogP) is 4.06. The Morgan fingerprint density at radius 3 is 2.96 bits per heavy atom. The molecule has 2 N–H and O–H groups in total. The molecule has 25 heavy (non-hydrogen) atoms. The van der Waals surface area contributed by atoms with Gasteiger partial charge in [0.25, 0.3) is 0 Å². The molecule has 0 spiro atoms. The van der Waals surface area contributed by atoms with E-state index in [1.807, 2.05) is 30.9 Å². The van der Waals surface area contributed by atoms with Crippen molar-refractivity contribution in [3.05, 3.63) is 67.0 Å². The zero-order valence-electron chi connectivity index (χ0n) is 14.8. The summed E-state index contributed by atoms with van der Waals surface area (Å²) in [5, 5.41) is 10.5. The Kier molecular flexibility index (Phi) is 8.02. The van der Waals surface area contributed by atoms with Gasteiger partial charge in [0.1, 0.15) is 0 Å². The highest BCUT2D eigenvalue weighted by atomic mass is 32.2. The summed E-state index contributed by atoms with van der Waals surface area (Å²) in [6, 6.07) is 0.169. The molecule has 3 rings (SSSR count). The van der Waals surface area contributed by atoms with Crippen molar-refractivity contribution < 1.29 is 5.11 Å². The van der Waals surface area contributed by atoms with E-state index in [4.69, 9.17) is 0 Å². The molecule has 0 bridgehead atoms. The molecule has 0 saturated carbocycles. The van der Waals surface area contributed by atoms with Crippen molar-refractivity contribution in [2.75, 3.05) is 12.8 Å². The first-order valence-corrected chi connectivity index (χ1v) is 9.83. The zero-order valence-corrected chi connectivity index (χ0v) is 15.6. The minimum absolute atomic E-state index is 0.169. The smallest absolute Gasteiger partial charge is 0.0956 e. The fraction of sp³-hybridized carbons (Fsp3) is 0.400. The van der Waals surface area contributed by atoms with Crippen molar-refractivity contribution in [1.29, 1.82) is 0 Å². The molecule has 2 atom stereocenters. The Balaban J connectivity index is 0.00000109. The highest BCUT2D eigenvalue weighted by Crippen LogP contribution is 2.43. The van der Waals surface area contributed by atoms with Crippen LogP contribution >= 0.6 is 11.9 Å². The molecule has 1 aliphatic heterocycles. The third-order valence-corrected chi connectivity index (χ3v) is 4.85. The SMILES string of the molecule is C=C.CSNCCCCC(O)CC1C2=CC=C=CC=C2c2cncn21. The number of fused-ring (bicyclic) bond motifs is 3. The molecule has 1 aromatic rings. The van der Waals surface area contributed by atoms with Crippen LogP contribution in [0.25, 0.3) is 5.57 Å². The van der Waals surface area contributed by atoms with Crippen LogP contribution < -0.4 is 4.72 Å². The minimum Gasteiger partial charge on any atom is -0.393 e. The van der Waals surface area contributed by atoms with Gasteiger partial charge >= 0.3 is 0 Å². The van der Waals surface area contributed by atoms with E-state index < -0.39 is 0 Å². The Morgan fingerprint density at radius 2 is 2.16 bits per heavy atom. The molecule has 1 aromatic heterocycles. The molecule has 134 valence electrons. The number of hydrogen-bond donors (Lipinski definition) is 2. The van der Waals surface area contributed by atoms with Crippen LogP contribution in [0.3, 0.4) is 0 Å². The first-order valence-electron chi connectivity index (χ1n) is 8.60. The monoisotopic (exact) mass is 357 g/mol. The topological polar surface area (TPSA) is 50.1 Å². The summed E-state index contributed by atoms with van der Waals surface area (Å²) in [7, 11) is 0. The lowest BCUT2D eigenvalue weighted by molar-refractivity contribution is 0.139. The van der Waals surface area contributed by atoms with Crippen LogP contribution in [0.4, 0.5) is 0 Å². The van der Waals surface area contributed by atoms with E-state index >= 15 is 0 Å². The van der Waals surface area contributed by atoms with Crippen molar-refractivity contribution in [3.8, 4) is 0 Å². The van der Waals surface area contributed by atoms with E-state index in [1.165, 1.54) is 11.1 Å². The lowest BCUT2D eigenvalue weighted by atomic mass is 9.95. The van der Waals surface area contributed by atoms with Crippen LogP contribution in [0.2, 0.25) is 0 Å². The second-order valence-electron chi connectivity index (χ2n) is 5.89. The first kappa shape index (κ1) is 19.5. The van der Waals surface area contributed by atoms with Gasteiger partial charge in [-0.1, -0.05) is 11.9 Å². The molecule has 0 saturated heterocycles. The quantitative estimate of drug-likeness (QED) is 0.319. The summed E-state index contributed by atoms with van der Waals surface area (Å²) < 4.78 is 5.42. The lowest BCUT2D eigenvalue weighted by Crippen LogP contribution is -2.16. The van der Waals surface area contributed by atoms with Gasteiger partial charge in [-0.15, -0.1) is 18.9 Å².